The molecule has 0 aliphatic carbocycles. The van der Waals surface area contributed by atoms with Gasteiger partial charge < -0.3 is 14.1 Å². The Balaban J connectivity index is 1.80. The fraction of sp³-hybridized carbons (Fsp3) is 0.458. The Morgan fingerprint density at radius 2 is 1.91 bits per heavy atom. The number of ether oxygens (including phenoxy) is 1. The van der Waals surface area contributed by atoms with E-state index in [2.05, 4.69) is 33.9 Å². The molecule has 0 bridgehead atoms. The molecule has 7 nitrogen and oxygen atoms in total. The maximum Gasteiger partial charge on any atom is 0.270 e. The van der Waals surface area contributed by atoms with Crippen molar-refractivity contribution in [2.24, 2.45) is 0 Å². The Bertz CT molecular complexity index is 1020. The third kappa shape index (κ3) is 5.19. The highest BCUT2D eigenvalue weighted by Crippen LogP contribution is 2.39. The zero-order chi connectivity index (χ0) is 23.7. The zero-order valence-corrected chi connectivity index (χ0v) is 20.7. The van der Waals surface area contributed by atoms with E-state index in [1.165, 1.54) is 12.1 Å². The van der Waals surface area contributed by atoms with E-state index in [0.29, 0.717) is 30.8 Å². The van der Waals surface area contributed by atoms with Crippen molar-refractivity contribution in [3.63, 3.8) is 0 Å². The minimum absolute atomic E-state index is 0.0234. The summed E-state index contributed by atoms with van der Waals surface area (Å²) in [5.74, 6) is 0.711. The molecule has 0 aromatic heterocycles. The first-order chi connectivity index (χ1) is 14.9. The number of benzene rings is 2. The van der Waals surface area contributed by atoms with Crippen LogP contribution in [0.3, 0.4) is 0 Å². The number of nitro benzene ring substituents is 1. The number of amides is 1. The van der Waals surface area contributed by atoms with E-state index in [0.717, 1.165) is 11.1 Å². The molecule has 172 valence electrons. The van der Waals surface area contributed by atoms with Gasteiger partial charge in [0.2, 0.25) is 5.91 Å². The lowest BCUT2D eigenvalue weighted by Crippen LogP contribution is -2.44. The molecule has 2 aromatic rings. The molecule has 0 spiro atoms. The fourth-order valence-electron chi connectivity index (χ4n) is 3.65. The first kappa shape index (κ1) is 23.9. The lowest BCUT2D eigenvalue weighted by Gasteiger charge is -2.38. The number of nitro groups is 1. The van der Waals surface area contributed by atoms with Gasteiger partial charge >= 0.3 is 0 Å². The average Bonchev–Trinajstić information content (AvgIpc) is 3.05. The molecule has 2 aromatic carbocycles. The Hall–Kier alpha value is -2.71. The molecular formula is C24H32N2O5Si. The maximum atomic E-state index is 12.7. The summed E-state index contributed by atoms with van der Waals surface area (Å²) >= 11 is 0. The highest BCUT2D eigenvalue weighted by molar-refractivity contribution is 6.74. The number of likely N-dealkylation sites (tertiary alicyclic amines) is 1. The highest BCUT2D eigenvalue weighted by atomic mass is 28.4. The molecule has 1 aliphatic heterocycles. The lowest BCUT2D eigenvalue weighted by atomic mass is 10.0. The largest absolute Gasteiger partial charge is 0.496 e. The van der Waals surface area contributed by atoms with Crippen molar-refractivity contribution in [2.75, 3.05) is 13.7 Å². The number of hydrogen-bond acceptors (Lipinski definition) is 5. The summed E-state index contributed by atoms with van der Waals surface area (Å²) < 4.78 is 11.9. The van der Waals surface area contributed by atoms with Crippen LogP contribution in [0.25, 0.3) is 11.1 Å². The lowest BCUT2D eigenvalue weighted by molar-refractivity contribution is -0.384. The third-order valence-corrected chi connectivity index (χ3v) is 11.0. The molecule has 1 fully saturated rings. The smallest absolute Gasteiger partial charge is 0.270 e. The van der Waals surface area contributed by atoms with Crippen LogP contribution in [-0.4, -0.2) is 43.8 Å². The summed E-state index contributed by atoms with van der Waals surface area (Å²) in [7, 11) is -0.380. The van der Waals surface area contributed by atoms with Crippen molar-refractivity contribution in [3.05, 3.63) is 58.1 Å². The van der Waals surface area contributed by atoms with Crippen LogP contribution in [0.5, 0.6) is 5.75 Å². The Morgan fingerprint density at radius 1 is 1.19 bits per heavy atom. The van der Waals surface area contributed by atoms with Gasteiger partial charge in [-0.2, -0.15) is 0 Å². The van der Waals surface area contributed by atoms with Crippen LogP contribution >= 0.6 is 0 Å². The van der Waals surface area contributed by atoms with Crippen molar-refractivity contribution >= 4 is 19.9 Å². The molecule has 32 heavy (non-hydrogen) atoms. The van der Waals surface area contributed by atoms with Crippen LogP contribution in [0, 0.1) is 10.1 Å². The van der Waals surface area contributed by atoms with E-state index < -0.39 is 13.2 Å². The summed E-state index contributed by atoms with van der Waals surface area (Å²) in [6.07, 6.45) is 0.318. The second-order valence-electron chi connectivity index (χ2n) is 9.82. The van der Waals surface area contributed by atoms with Gasteiger partial charge in [0, 0.05) is 30.8 Å². The standard InChI is InChI=1S/C24H32N2O5Si/c1-24(2,3)32(5,6)31-20-14-23(27)25(16-20)15-17-10-11-22(30-4)21(12-17)18-8-7-9-19(13-18)26(28)29/h7-13,20H,14-16H2,1-6H3. The van der Waals surface area contributed by atoms with Gasteiger partial charge in [-0.1, -0.05) is 39.0 Å². The van der Waals surface area contributed by atoms with Gasteiger partial charge in [-0.3, -0.25) is 14.9 Å². The van der Waals surface area contributed by atoms with E-state index >= 15 is 0 Å². The molecular weight excluding hydrogens is 424 g/mol. The second-order valence-corrected chi connectivity index (χ2v) is 14.6. The molecule has 1 unspecified atom stereocenters. The Labute approximate surface area is 190 Å². The first-order valence-corrected chi connectivity index (χ1v) is 13.7. The van der Waals surface area contributed by atoms with Crippen molar-refractivity contribution in [3.8, 4) is 16.9 Å². The van der Waals surface area contributed by atoms with E-state index in [9.17, 15) is 14.9 Å². The predicted molar refractivity (Wildman–Crippen MR) is 127 cm³/mol. The molecule has 1 heterocycles. The number of methoxy groups -OCH3 is 1. The van der Waals surface area contributed by atoms with E-state index in [1.54, 1.807) is 13.2 Å². The highest BCUT2D eigenvalue weighted by Gasteiger charge is 2.42. The minimum atomic E-state index is -1.95. The van der Waals surface area contributed by atoms with Crippen LogP contribution in [0.1, 0.15) is 32.8 Å². The number of nitrogens with zero attached hydrogens (tertiary/aromatic N) is 2. The summed E-state index contributed by atoms with van der Waals surface area (Å²) in [6.45, 7) is 12.0. The monoisotopic (exact) mass is 456 g/mol. The predicted octanol–water partition coefficient (Wildman–Crippen LogP) is 5.39. The number of non-ortho nitro benzene ring substituents is 1. The van der Waals surface area contributed by atoms with E-state index in [1.807, 2.05) is 29.2 Å². The summed E-state index contributed by atoms with van der Waals surface area (Å²) in [5.41, 5.74) is 2.42. The molecule has 3 rings (SSSR count). The molecule has 0 radical (unpaired) electrons. The topological polar surface area (TPSA) is 81.9 Å². The summed E-state index contributed by atoms with van der Waals surface area (Å²) in [4.78, 5) is 25.3. The molecule has 1 amide bonds. The normalized spacial score (nSPS) is 17.0. The Kier molecular flexibility index (Phi) is 6.76. The van der Waals surface area contributed by atoms with Gasteiger partial charge in [0.25, 0.3) is 5.69 Å². The van der Waals surface area contributed by atoms with Gasteiger partial charge in [-0.05, 0) is 41.4 Å². The van der Waals surface area contributed by atoms with Gasteiger partial charge in [-0.25, -0.2) is 0 Å². The molecule has 0 N–H and O–H groups in total. The quantitative estimate of drug-likeness (QED) is 0.317. The van der Waals surface area contributed by atoms with E-state index in [-0.39, 0.29) is 22.7 Å². The first-order valence-electron chi connectivity index (χ1n) is 10.8. The van der Waals surface area contributed by atoms with E-state index in [4.69, 9.17) is 9.16 Å². The molecule has 1 aliphatic rings. The minimum Gasteiger partial charge on any atom is -0.496 e. The van der Waals surface area contributed by atoms with Crippen LogP contribution in [0.2, 0.25) is 18.1 Å². The third-order valence-electron chi connectivity index (χ3n) is 6.45. The van der Waals surface area contributed by atoms with Gasteiger partial charge in [0.05, 0.1) is 24.6 Å². The summed E-state index contributed by atoms with van der Waals surface area (Å²) in [6, 6.07) is 12.2. The fourth-order valence-corrected chi connectivity index (χ4v) is 4.99. The van der Waals surface area contributed by atoms with Crippen LogP contribution in [0.15, 0.2) is 42.5 Å². The second kappa shape index (κ2) is 9.03. The molecule has 1 atom stereocenters. The van der Waals surface area contributed by atoms with Crippen molar-refractivity contribution < 1.29 is 18.9 Å². The van der Waals surface area contributed by atoms with Gasteiger partial charge in [0.15, 0.2) is 8.32 Å². The number of carbonyl (C=O) groups excluding carboxylic acids is 1. The Morgan fingerprint density at radius 3 is 2.53 bits per heavy atom. The molecule has 8 heteroatoms. The van der Waals surface area contributed by atoms with Gasteiger partial charge in [-0.15, -0.1) is 0 Å². The van der Waals surface area contributed by atoms with Crippen LogP contribution in [0.4, 0.5) is 5.69 Å². The van der Waals surface area contributed by atoms with Crippen LogP contribution < -0.4 is 4.74 Å². The molecule has 0 saturated carbocycles. The van der Waals surface area contributed by atoms with Gasteiger partial charge in [0.1, 0.15) is 5.75 Å². The van der Waals surface area contributed by atoms with Crippen molar-refractivity contribution in [2.45, 2.75) is 58.0 Å². The maximum absolute atomic E-state index is 12.7. The number of rotatable bonds is 7. The van der Waals surface area contributed by atoms with Crippen molar-refractivity contribution in [1.29, 1.82) is 0 Å². The van der Waals surface area contributed by atoms with Crippen molar-refractivity contribution in [1.82, 2.24) is 4.90 Å². The average molecular weight is 457 g/mol. The SMILES string of the molecule is COc1ccc(CN2CC(O[Si](C)(C)C(C)(C)C)CC2=O)cc1-c1cccc([N+](=O)[O-])c1. The molecule has 1 saturated heterocycles. The number of hydrogen-bond donors (Lipinski definition) is 0. The number of carbonyl (C=O) groups is 1. The van der Waals surface area contributed by atoms with Crippen LogP contribution in [-0.2, 0) is 15.8 Å². The summed E-state index contributed by atoms with van der Waals surface area (Å²) in [5, 5.41) is 11.3. The zero-order valence-electron chi connectivity index (χ0n) is 19.7.